The zero-order valence-electron chi connectivity index (χ0n) is 51.9. The summed E-state index contributed by atoms with van der Waals surface area (Å²) < 4.78 is 16.9. The van der Waals surface area contributed by atoms with Crippen LogP contribution in [-0.4, -0.2) is 37.2 Å². The summed E-state index contributed by atoms with van der Waals surface area (Å²) in [6.45, 7) is 6.49. The molecule has 0 saturated heterocycles. The van der Waals surface area contributed by atoms with Gasteiger partial charge in [-0.3, -0.25) is 14.4 Å². The summed E-state index contributed by atoms with van der Waals surface area (Å²) in [4.78, 5) is 38.1. The largest absolute Gasteiger partial charge is 0.462 e. The lowest BCUT2D eigenvalue weighted by Crippen LogP contribution is -2.30. The van der Waals surface area contributed by atoms with Crippen LogP contribution in [0.3, 0.4) is 0 Å². The Morgan fingerprint density at radius 3 is 0.772 bits per heavy atom. The number of hydrogen-bond acceptors (Lipinski definition) is 6. The van der Waals surface area contributed by atoms with E-state index >= 15 is 0 Å². The summed E-state index contributed by atoms with van der Waals surface area (Å²) in [5.74, 6) is -0.891. The Labute approximate surface area is 489 Å². The Kier molecular flexibility index (Phi) is 63.3. The van der Waals surface area contributed by atoms with Gasteiger partial charge < -0.3 is 14.2 Å². The first-order valence-corrected chi connectivity index (χ1v) is 33.4. The molecule has 0 aromatic rings. The van der Waals surface area contributed by atoms with Gasteiger partial charge in [-0.2, -0.15) is 0 Å². The van der Waals surface area contributed by atoms with Gasteiger partial charge in [0.05, 0.1) is 0 Å². The number of esters is 3. The van der Waals surface area contributed by atoms with Crippen LogP contribution < -0.4 is 0 Å². The van der Waals surface area contributed by atoms with E-state index in [1.165, 1.54) is 161 Å². The van der Waals surface area contributed by atoms with Crippen LogP contribution in [-0.2, 0) is 28.6 Å². The van der Waals surface area contributed by atoms with Crippen LogP contribution in [0.15, 0.2) is 109 Å². The van der Waals surface area contributed by atoms with Crippen molar-refractivity contribution >= 4 is 17.9 Å². The molecule has 1 atom stereocenters. The first-order chi connectivity index (χ1) is 39.0. The molecule has 6 heteroatoms. The van der Waals surface area contributed by atoms with E-state index in [0.29, 0.717) is 19.3 Å². The van der Waals surface area contributed by atoms with Crippen LogP contribution in [0.1, 0.15) is 316 Å². The maximum Gasteiger partial charge on any atom is 0.306 e. The van der Waals surface area contributed by atoms with Crippen LogP contribution in [0, 0.1) is 0 Å². The third-order valence-electron chi connectivity index (χ3n) is 14.3. The molecule has 0 aliphatic rings. The number of ether oxygens (including phenoxy) is 3. The molecule has 0 N–H and O–H groups in total. The lowest BCUT2D eigenvalue weighted by molar-refractivity contribution is -0.167. The average Bonchev–Trinajstić information content (AvgIpc) is 3.45. The highest BCUT2D eigenvalue weighted by Crippen LogP contribution is 2.16. The third-order valence-corrected chi connectivity index (χ3v) is 14.3. The van der Waals surface area contributed by atoms with E-state index in [4.69, 9.17) is 14.2 Å². The van der Waals surface area contributed by atoms with Crippen LogP contribution in [0.2, 0.25) is 0 Å². The van der Waals surface area contributed by atoms with Gasteiger partial charge in [-0.25, -0.2) is 0 Å². The zero-order valence-corrected chi connectivity index (χ0v) is 51.9. The van der Waals surface area contributed by atoms with E-state index < -0.39 is 6.10 Å². The molecule has 0 aliphatic heterocycles. The molecule has 1 unspecified atom stereocenters. The van der Waals surface area contributed by atoms with Crippen molar-refractivity contribution in [1.29, 1.82) is 0 Å². The summed E-state index contributed by atoms with van der Waals surface area (Å²) in [6, 6.07) is 0. The molecule has 6 nitrogen and oxygen atoms in total. The molecule has 0 fully saturated rings. The first kappa shape index (κ1) is 75.1. The van der Waals surface area contributed by atoms with Crippen LogP contribution in [0.5, 0.6) is 0 Å². The third kappa shape index (κ3) is 64.8. The van der Waals surface area contributed by atoms with Crippen molar-refractivity contribution < 1.29 is 28.6 Å². The minimum absolute atomic E-state index is 0.0805. The molecule has 0 aliphatic carbocycles. The summed E-state index contributed by atoms with van der Waals surface area (Å²) in [7, 11) is 0. The lowest BCUT2D eigenvalue weighted by Gasteiger charge is -2.18. The SMILES string of the molecule is CC/C=C\C/C=C\C/C=C\C/C=C\C/C=C\C/C=C\C/C=C\CCCCCCCCCC(=O)OCC(COC(=O)CCCCCCCCC)OC(=O)CCCCCCCCCCCCCCC/C=C\C/C=C\CCCCCCC. The van der Waals surface area contributed by atoms with E-state index in [9.17, 15) is 14.4 Å². The highest BCUT2D eigenvalue weighted by atomic mass is 16.6. The van der Waals surface area contributed by atoms with Crippen molar-refractivity contribution in [2.24, 2.45) is 0 Å². The van der Waals surface area contributed by atoms with Crippen molar-refractivity contribution in [3.63, 3.8) is 0 Å². The molecular weight excluding hydrogens is 973 g/mol. The smallest absolute Gasteiger partial charge is 0.306 e. The van der Waals surface area contributed by atoms with Gasteiger partial charge in [0, 0.05) is 19.3 Å². The Hall–Kier alpha value is -3.93. The van der Waals surface area contributed by atoms with Gasteiger partial charge in [-0.15, -0.1) is 0 Å². The number of carbonyl (C=O) groups is 3. The molecule has 0 bridgehead atoms. The van der Waals surface area contributed by atoms with E-state index in [0.717, 1.165) is 116 Å². The number of hydrogen-bond donors (Lipinski definition) is 0. The predicted octanol–water partition coefficient (Wildman–Crippen LogP) is 23.0. The Balaban J connectivity index is 4.16. The van der Waals surface area contributed by atoms with Gasteiger partial charge in [-0.1, -0.05) is 297 Å². The second-order valence-corrected chi connectivity index (χ2v) is 22.0. The fourth-order valence-corrected chi connectivity index (χ4v) is 9.28. The van der Waals surface area contributed by atoms with Crippen molar-refractivity contribution in [2.75, 3.05) is 13.2 Å². The van der Waals surface area contributed by atoms with Crippen molar-refractivity contribution in [3.8, 4) is 0 Å². The summed E-state index contributed by atoms with van der Waals surface area (Å²) >= 11 is 0. The molecule has 79 heavy (non-hydrogen) atoms. The number of allylic oxidation sites excluding steroid dienone is 18. The topological polar surface area (TPSA) is 78.9 Å². The fourth-order valence-electron chi connectivity index (χ4n) is 9.28. The molecule has 452 valence electrons. The molecule has 0 amide bonds. The molecule has 0 spiro atoms. The summed E-state index contributed by atoms with van der Waals surface area (Å²) in [6.07, 6.45) is 91.2. The normalized spacial score (nSPS) is 12.8. The minimum Gasteiger partial charge on any atom is -0.462 e. The van der Waals surface area contributed by atoms with Gasteiger partial charge in [0.15, 0.2) is 6.10 Å². The molecule has 0 saturated carbocycles. The molecule has 0 radical (unpaired) electrons. The maximum atomic E-state index is 12.9. The molecule has 0 heterocycles. The van der Waals surface area contributed by atoms with Crippen molar-refractivity contribution in [3.05, 3.63) is 109 Å². The second-order valence-electron chi connectivity index (χ2n) is 22.0. The monoisotopic (exact) mass is 1100 g/mol. The van der Waals surface area contributed by atoms with Crippen LogP contribution in [0.4, 0.5) is 0 Å². The van der Waals surface area contributed by atoms with Crippen molar-refractivity contribution in [1.82, 2.24) is 0 Å². The number of rotatable bonds is 60. The zero-order chi connectivity index (χ0) is 57.1. The van der Waals surface area contributed by atoms with E-state index in [-0.39, 0.29) is 31.1 Å². The van der Waals surface area contributed by atoms with E-state index in [2.05, 4.69) is 130 Å². The lowest BCUT2D eigenvalue weighted by atomic mass is 10.0. The second kappa shape index (κ2) is 66.6. The Morgan fingerprint density at radius 2 is 0.494 bits per heavy atom. The Bertz CT molecular complexity index is 1590. The van der Waals surface area contributed by atoms with Crippen LogP contribution >= 0.6 is 0 Å². The predicted molar refractivity (Wildman–Crippen MR) is 343 cm³/mol. The van der Waals surface area contributed by atoms with E-state index in [1.54, 1.807) is 0 Å². The summed E-state index contributed by atoms with van der Waals surface area (Å²) in [5.41, 5.74) is 0. The molecule has 0 aromatic heterocycles. The Morgan fingerprint density at radius 1 is 0.266 bits per heavy atom. The quantitative estimate of drug-likeness (QED) is 0.0261. The number of carbonyl (C=O) groups excluding carboxylic acids is 3. The molecule has 0 aromatic carbocycles. The average molecular weight is 1100 g/mol. The highest BCUT2D eigenvalue weighted by molar-refractivity contribution is 5.71. The molecule has 0 rings (SSSR count). The minimum atomic E-state index is -0.782. The summed E-state index contributed by atoms with van der Waals surface area (Å²) in [5, 5.41) is 0. The van der Waals surface area contributed by atoms with Crippen molar-refractivity contribution in [2.45, 2.75) is 322 Å². The maximum absolute atomic E-state index is 12.9. The fraction of sp³-hybridized carbons (Fsp3) is 0.712. The number of unbranched alkanes of at least 4 members (excludes halogenated alkanes) is 31. The first-order valence-electron chi connectivity index (χ1n) is 33.4. The van der Waals surface area contributed by atoms with Crippen LogP contribution in [0.25, 0.3) is 0 Å². The van der Waals surface area contributed by atoms with Gasteiger partial charge in [0.25, 0.3) is 0 Å². The van der Waals surface area contributed by atoms with Gasteiger partial charge in [0.2, 0.25) is 0 Å². The van der Waals surface area contributed by atoms with Gasteiger partial charge in [-0.05, 0) is 109 Å². The van der Waals surface area contributed by atoms with E-state index in [1.807, 2.05) is 0 Å². The van der Waals surface area contributed by atoms with Gasteiger partial charge in [0.1, 0.15) is 13.2 Å². The highest BCUT2D eigenvalue weighted by Gasteiger charge is 2.19. The van der Waals surface area contributed by atoms with Gasteiger partial charge >= 0.3 is 17.9 Å². The molecular formula is C73H124O6. The standard InChI is InChI=1S/C73H124O6/c1-4-7-10-13-16-18-20-22-24-26-28-30-32-34-35-36-37-39-40-42-44-46-48-50-52-54-57-60-63-66-72(75)78-69-70(68-77-71(74)65-62-59-56-15-12-9-6-3)79-73(76)67-64-61-58-55-53-51-49-47-45-43-41-38-33-31-29-27-25-23-21-19-17-14-11-8-5-2/h7,10,16,18,21-24,27-30,34-35,37,39,42,44,70H,4-6,8-9,11-15,17,19-20,25-26,31-33,36,38,40-41,43,45-69H2,1-3H3/b10-7-,18-16-,23-21-,24-22-,29-27-,30-28-,35-34-,39-37-,44-42-.